The molecule has 0 unspecified atom stereocenters. The summed E-state index contributed by atoms with van der Waals surface area (Å²) in [6, 6.07) is 0.556. The lowest BCUT2D eigenvalue weighted by Gasteiger charge is -2.35. The number of piperidine rings is 1. The second-order valence-electron chi connectivity index (χ2n) is 5.86. The number of aliphatic hydroxyl groups is 1. The van der Waals surface area contributed by atoms with E-state index in [4.69, 9.17) is 0 Å². The van der Waals surface area contributed by atoms with E-state index in [1.807, 2.05) is 7.05 Å². The van der Waals surface area contributed by atoms with Crippen molar-refractivity contribution in [1.82, 2.24) is 9.80 Å². The molecule has 1 saturated heterocycles. The highest BCUT2D eigenvalue weighted by atomic mass is 16.5. The normalized spacial score (nSPS) is 24.6. The highest BCUT2D eigenvalue weighted by Crippen LogP contribution is 2.26. The number of aliphatic hydroxyl groups excluding tert-OH is 1. The maximum absolute atomic E-state index is 12.2. The Kier molecular flexibility index (Phi) is 4.99. The van der Waals surface area contributed by atoms with Gasteiger partial charge in [-0.25, -0.2) is 4.79 Å². The van der Waals surface area contributed by atoms with Gasteiger partial charge in [-0.3, -0.25) is 9.69 Å². The van der Waals surface area contributed by atoms with Crippen molar-refractivity contribution in [3.05, 3.63) is 0 Å². The van der Waals surface area contributed by atoms with E-state index in [1.165, 1.54) is 20.0 Å². The van der Waals surface area contributed by atoms with Gasteiger partial charge in [0.05, 0.1) is 13.7 Å². The SMILES string of the molecule is COC(=O)[C@@H](O)[C@@H]1CCCN(C(=O)CN(C)C2CC2)C1. The summed E-state index contributed by atoms with van der Waals surface area (Å²) in [5.41, 5.74) is 0. The summed E-state index contributed by atoms with van der Waals surface area (Å²) in [5.74, 6) is -0.744. The van der Waals surface area contributed by atoms with Gasteiger partial charge in [-0.05, 0) is 32.7 Å². The Balaban J connectivity index is 1.85. The highest BCUT2D eigenvalue weighted by Gasteiger charge is 2.34. The zero-order valence-corrected chi connectivity index (χ0v) is 12.2. The molecule has 2 atom stereocenters. The Morgan fingerprint density at radius 3 is 2.70 bits per heavy atom. The molecule has 2 rings (SSSR count). The van der Waals surface area contributed by atoms with E-state index in [2.05, 4.69) is 9.64 Å². The minimum absolute atomic E-state index is 0.0844. The Morgan fingerprint density at radius 2 is 2.10 bits per heavy atom. The number of nitrogens with zero attached hydrogens (tertiary/aromatic N) is 2. The first kappa shape index (κ1) is 15.3. The molecule has 20 heavy (non-hydrogen) atoms. The fraction of sp³-hybridized carbons (Fsp3) is 0.857. The first-order valence-corrected chi connectivity index (χ1v) is 7.27. The lowest BCUT2D eigenvalue weighted by Crippen LogP contribution is -2.48. The fourth-order valence-corrected chi connectivity index (χ4v) is 2.77. The van der Waals surface area contributed by atoms with Gasteiger partial charge in [0.1, 0.15) is 0 Å². The van der Waals surface area contributed by atoms with Gasteiger partial charge >= 0.3 is 5.97 Å². The van der Waals surface area contributed by atoms with Gasteiger partial charge in [-0.1, -0.05) is 0 Å². The lowest BCUT2D eigenvalue weighted by atomic mass is 9.92. The van der Waals surface area contributed by atoms with Crippen molar-refractivity contribution >= 4 is 11.9 Å². The summed E-state index contributed by atoms with van der Waals surface area (Å²) in [7, 11) is 3.24. The van der Waals surface area contributed by atoms with Crippen LogP contribution in [0.5, 0.6) is 0 Å². The number of ether oxygens (including phenoxy) is 1. The van der Waals surface area contributed by atoms with E-state index in [1.54, 1.807) is 4.90 Å². The summed E-state index contributed by atoms with van der Waals surface area (Å²) in [5, 5.41) is 9.90. The van der Waals surface area contributed by atoms with E-state index in [0.717, 1.165) is 12.8 Å². The van der Waals surface area contributed by atoms with Crippen LogP contribution in [0.25, 0.3) is 0 Å². The molecule has 0 bridgehead atoms. The number of amides is 1. The van der Waals surface area contributed by atoms with Gasteiger partial charge in [-0.2, -0.15) is 0 Å². The molecule has 0 spiro atoms. The number of likely N-dealkylation sites (tertiary alicyclic amines) is 1. The molecule has 1 aliphatic heterocycles. The number of hydrogen-bond acceptors (Lipinski definition) is 5. The Hall–Kier alpha value is -1.14. The predicted octanol–water partition coefficient (Wildman–Crippen LogP) is -0.147. The molecule has 1 N–H and O–H groups in total. The van der Waals surface area contributed by atoms with E-state index in [-0.39, 0.29) is 11.8 Å². The highest BCUT2D eigenvalue weighted by molar-refractivity contribution is 5.79. The monoisotopic (exact) mass is 284 g/mol. The summed E-state index contributed by atoms with van der Waals surface area (Å²) < 4.78 is 4.56. The van der Waals surface area contributed by atoms with Crippen LogP contribution in [0.1, 0.15) is 25.7 Å². The third-order valence-corrected chi connectivity index (χ3v) is 4.25. The molecule has 2 aliphatic rings. The average molecular weight is 284 g/mol. The summed E-state index contributed by atoms with van der Waals surface area (Å²) in [6.07, 6.45) is 2.79. The van der Waals surface area contributed by atoms with Crippen molar-refractivity contribution in [2.45, 2.75) is 37.8 Å². The van der Waals surface area contributed by atoms with E-state index < -0.39 is 12.1 Å². The summed E-state index contributed by atoms with van der Waals surface area (Å²) in [4.78, 5) is 27.5. The van der Waals surface area contributed by atoms with Crippen LogP contribution in [-0.2, 0) is 14.3 Å². The number of methoxy groups -OCH3 is 1. The molecule has 0 aromatic carbocycles. The number of carbonyl (C=O) groups excluding carboxylic acids is 2. The largest absolute Gasteiger partial charge is 0.467 e. The van der Waals surface area contributed by atoms with Gasteiger partial charge in [0, 0.05) is 25.0 Å². The van der Waals surface area contributed by atoms with Crippen LogP contribution < -0.4 is 0 Å². The molecule has 1 heterocycles. The van der Waals surface area contributed by atoms with Gasteiger partial charge in [0.25, 0.3) is 0 Å². The zero-order chi connectivity index (χ0) is 14.7. The van der Waals surface area contributed by atoms with Crippen LogP contribution in [0.2, 0.25) is 0 Å². The summed E-state index contributed by atoms with van der Waals surface area (Å²) >= 11 is 0. The maximum atomic E-state index is 12.2. The van der Waals surface area contributed by atoms with Crippen molar-refractivity contribution in [2.75, 3.05) is 33.8 Å². The smallest absolute Gasteiger partial charge is 0.335 e. The molecule has 114 valence electrons. The standard InChI is InChI=1S/C14H24N2O4/c1-15(11-5-6-11)9-12(17)16-7-3-4-10(8-16)13(18)14(19)20-2/h10-11,13,18H,3-9H2,1-2H3/t10-,13+/m1/s1. The quantitative estimate of drug-likeness (QED) is 0.711. The zero-order valence-electron chi connectivity index (χ0n) is 12.2. The number of carbonyl (C=O) groups is 2. The van der Waals surface area contributed by atoms with Crippen LogP contribution in [0.3, 0.4) is 0 Å². The van der Waals surface area contributed by atoms with E-state index in [9.17, 15) is 14.7 Å². The first-order valence-electron chi connectivity index (χ1n) is 7.27. The Morgan fingerprint density at radius 1 is 1.40 bits per heavy atom. The number of hydrogen-bond donors (Lipinski definition) is 1. The summed E-state index contributed by atoms with van der Waals surface area (Å²) in [6.45, 7) is 1.57. The topological polar surface area (TPSA) is 70.1 Å². The molecule has 1 saturated carbocycles. The number of likely N-dealkylation sites (N-methyl/N-ethyl adjacent to an activating group) is 1. The minimum atomic E-state index is -1.13. The van der Waals surface area contributed by atoms with Crippen molar-refractivity contribution in [3.63, 3.8) is 0 Å². The van der Waals surface area contributed by atoms with Crippen LogP contribution in [-0.4, -0.2) is 72.7 Å². The van der Waals surface area contributed by atoms with Gasteiger partial charge < -0.3 is 14.7 Å². The van der Waals surface area contributed by atoms with Crippen molar-refractivity contribution in [1.29, 1.82) is 0 Å². The van der Waals surface area contributed by atoms with Crippen LogP contribution >= 0.6 is 0 Å². The molecule has 2 fully saturated rings. The molecular weight excluding hydrogens is 260 g/mol. The third-order valence-electron chi connectivity index (χ3n) is 4.25. The second kappa shape index (κ2) is 6.54. The Labute approximate surface area is 119 Å². The molecule has 0 aromatic heterocycles. The third kappa shape index (κ3) is 3.70. The number of esters is 1. The molecule has 0 aromatic rings. The fourth-order valence-electron chi connectivity index (χ4n) is 2.77. The van der Waals surface area contributed by atoms with Crippen molar-refractivity contribution in [3.8, 4) is 0 Å². The predicted molar refractivity (Wildman–Crippen MR) is 73.0 cm³/mol. The van der Waals surface area contributed by atoms with Crippen LogP contribution in [0, 0.1) is 5.92 Å². The van der Waals surface area contributed by atoms with E-state index >= 15 is 0 Å². The van der Waals surface area contributed by atoms with Gasteiger partial charge in [0.15, 0.2) is 6.10 Å². The van der Waals surface area contributed by atoms with Crippen molar-refractivity contribution in [2.24, 2.45) is 5.92 Å². The molecule has 1 amide bonds. The van der Waals surface area contributed by atoms with E-state index in [0.29, 0.717) is 25.7 Å². The first-order chi connectivity index (χ1) is 9.52. The Bertz CT molecular complexity index is 370. The van der Waals surface area contributed by atoms with Crippen LogP contribution in [0.15, 0.2) is 0 Å². The molecule has 0 radical (unpaired) electrons. The second-order valence-corrected chi connectivity index (χ2v) is 5.86. The maximum Gasteiger partial charge on any atom is 0.335 e. The lowest BCUT2D eigenvalue weighted by molar-refractivity contribution is -0.156. The minimum Gasteiger partial charge on any atom is -0.467 e. The average Bonchev–Trinajstić information content (AvgIpc) is 3.30. The molecule has 6 heteroatoms. The molecular formula is C14H24N2O4. The van der Waals surface area contributed by atoms with Gasteiger partial charge in [0.2, 0.25) is 5.91 Å². The molecule has 6 nitrogen and oxygen atoms in total. The van der Waals surface area contributed by atoms with Crippen LogP contribution in [0.4, 0.5) is 0 Å². The number of rotatable bonds is 5. The van der Waals surface area contributed by atoms with Crippen molar-refractivity contribution < 1.29 is 19.4 Å². The molecule has 1 aliphatic carbocycles. The van der Waals surface area contributed by atoms with Gasteiger partial charge in [-0.15, -0.1) is 0 Å².